The molecule has 0 aliphatic carbocycles. The molecule has 0 saturated heterocycles. The number of fused-ring (bicyclic) bond motifs is 1. The molecule has 0 fully saturated rings. The van der Waals surface area contributed by atoms with Crippen LogP contribution in [0.25, 0.3) is 10.8 Å². The van der Waals surface area contributed by atoms with E-state index in [2.05, 4.69) is 0 Å². The Kier molecular flexibility index (Phi) is 4.60. The predicted molar refractivity (Wildman–Crippen MR) is 77.8 cm³/mol. The molecule has 2 rings (SSSR count). The lowest BCUT2D eigenvalue weighted by molar-refractivity contribution is -0.373. The molecule has 0 aliphatic rings. The van der Waals surface area contributed by atoms with Crippen LogP contribution in [0.2, 0.25) is 0 Å². The lowest BCUT2D eigenvalue weighted by atomic mass is 10.0. The van der Waals surface area contributed by atoms with E-state index in [1.807, 2.05) is 43.3 Å². The van der Waals surface area contributed by atoms with Crippen LogP contribution in [0.4, 0.5) is 0 Å². The SMILES string of the molecule is CCOC(OC)(OC)c1cc2ccccc2cc1OC. The molecule has 20 heavy (non-hydrogen) atoms. The molecule has 0 spiro atoms. The van der Waals surface area contributed by atoms with E-state index < -0.39 is 5.97 Å². The molecule has 0 saturated carbocycles. The van der Waals surface area contributed by atoms with Crippen LogP contribution >= 0.6 is 0 Å². The Morgan fingerprint density at radius 1 is 0.950 bits per heavy atom. The summed E-state index contributed by atoms with van der Waals surface area (Å²) in [7, 11) is 4.72. The molecule has 0 aliphatic heterocycles. The van der Waals surface area contributed by atoms with Gasteiger partial charge in [0.1, 0.15) is 5.75 Å². The molecule has 0 bridgehead atoms. The van der Waals surface area contributed by atoms with Crippen molar-refractivity contribution in [1.82, 2.24) is 0 Å². The van der Waals surface area contributed by atoms with Gasteiger partial charge < -0.3 is 18.9 Å². The van der Waals surface area contributed by atoms with Gasteiger partial charge in [0.15, 0.2) is 0 Å². The second kappa shape index (κ2) is 6.22. The number of ether oxygens (including phenoxy) is 4. The highest BCUT2D eigenvalue weighted by Crippen LogP contribution is 2.37. The summed E-state index contributed by atoms with van der Waals surface area (Å²) in [6.07, 6.45) is 0. The first-order valence-corrected chi connectivity index (χ1v) is 6.52. The summed E-state index contributed by atoms with van der Waals surface area (Å²) in [5.41, 5.74) is 0.713. The van der Waals surface area contributed by atoms with Crippen LogP contribution in [-0.2, 0) is 20.2 Å². The van der Waals surface area contributed by atoms with Crippen LogP contribution < -0.4 is 4.74 Å². The van der Waals surface area contributed by atoms with E-state index in [9.17, 15) is 0 Å². The summed E-state index contributed by atoms with van der Waals surface area (Å²) in [6, 6.07) is 12.0. The first-order chi connectivity index (χ1) is 9.70. The summed E-state index contributed by atoms with van der Waals surface area (Å²) >= 11 is 0. The van der Waals surface area contributed by atoms with Gasteiger partial charge in [-0.25, -0.2) is 0 Å². The largest absolute Gasteiger partial charge is 0.496 e. The fraction of sp³-hybridized carbons (Fsp3) is 0.375. The molecular formula is C16H20O4. The first-order valence-electron chi connectivity index (χ1n) is 6.52. The molecule has 0 atom stereocenters. The van der Waals surface area contributed by atoms with Crippen LogP contribution in [0.1, 0.15) is 12.5 Å². The minimum Gasteiger partial charge on any atom is -0.496 e. The molecule has 0 amide bonds. The van der Waals surface area contributed by atoms with Crippen molar-refractivity contribution in [1.29, 1.82) is 0 Å². The van der Waals surface area contributed by atoms with E-state index >= 15 is 0 Å². The number of methoxy groups -OCH3 is 3. The topological polar surface area (TPSA) is 36.9 Å². The minimum atomic E-state index is -1.26. The molecule has 108 valence electrons. The standard InChI is InChI=1S/C16H20O4/c1-5-20-16(18-3,19-4)14-10-12-8-6-7-9-13(12)11-15(14)17-2/h6-11H,5H2,1-4H3. The van der Waals surface area contributed by atoms with E-state index in [0.717, 1.165) is 10.8 Å². The van der Waals surface area contributed by atoms with Gasteiger partial charge in [0.25, 0.3) is 0 Å². The molecule has 0 heterocycles. The predicted octanol–water partition coefficient (Wildman–Crippen LogP) is 3.29. The van der Waals surface area contributed by atoms with Crippen LogP contribution in [0.5, 0.6) is 5.75 Å². The third-order valence-corrected chi connectivity index (χ3v) is 3.27. The Balaban J connectivity index is 2.66. The summed E-state index contributed by atoms with van der Waals surface area (Å²) < 4.78 is 22.1. The van der Waals surface area contributed by atoms with Crippen LogP contribution in [0, 0.1) is 0 Å². The van der Waals surface area contributed by atoms with Crippen LogP contribution in [0.3, 0.4) is 0 Å². The van der Waals surface area contributed by atoms with Gasteiger partial charge in [-0.05, 0) is 29.8 Å². The number of hydrogen-bond acceptors (Lipinski definition) is 4. The molecule has 0 aromatic heterocycles. The lowest BCUT2D eigenvalue weighted by Crippen LogP contribution is -2.34. The first kappa shape index (κ1) is 14.8. The molecule has 0 N–H and O–H groups in total. The highest BCUT2D eigenvalue weighted by atomic mass is 16.9. The second-order valence-electron chi connectivity index (χ2n) is 4.30. The number of hydrogen-bond donors (Lipinski definition) is 0. The Bertz CT molecular complexity index is 576. The van der Waals surface area contributed by atoms with Gasteiger partial charge in [-0.2, -0.15) is 0 Å². The van der Waals surface area contributed by atoms with Gasteiger partial charge >= 0.3 is 5.97 Å². The van der Waals surface area contributed by atoms with Gasteiger partial charge in [0, 0.05) is 20.8 Å². The molecule has 2 aromatic rings. The second-order valence-corrected chi connectivity index (χ2v) is 4.30. The van der Waals surface area contributed by atoms with Crippen molar-refractivity contribution >= 4 is 10.8 Å². The van der Waals surface area contributed by atoms with Crippen molar-refractivity contribution in [2.45, 2.75) is 12.9 Å². The zero-order valence-electron chi connectivity index (χ0n) is 12.3. The van der Waals surface area contributed by atoms with Crippen molar-refractivity contribution in [3.8, 4) is 5.75 Å². The molecule has 4 heteroatoms. The highest BCUT2D eigenvalue weighted by Gasteiger charge is 2.36. The number of benzene rings is 2. The minimum absolute atomic E-state index is 0.456. The van der Waals surface area contributed by atoms with Crippen LogP contribution in [-0.4, -0.2) is 27.9 Å². The smallest absolute Gasteiger partial charge is 0.315 e. The molecule has 0 radical (unpaired) electrons. The van der Waals surface area contributed by atoms with E-state index in [0.29, 0.717) is 17.9 Å². The fourth-order valence-electron chi connectivity index (χ4n) is 2.32. The Morgan fingerprint density at radius 2 is 1.55 bits per heavy atom. The van der Waals surface area contributed by atoms with E-state index in [4.69, 9.17) is 18.9 Å². The molecule has 2 aromatic carbocycles. The monoisotopic (exact) mass is 276 g/mol. The molecular weight excluding hydrogens is 256 g/mol. The Hall–Kier alpha value is -1.62. The molecule has 0 unspecified atom stereocenters. The van der Waals surface area contributed by atoms with Gasteiger partial charge in [0.05, 0.1) is 12.7 Å². The van der Waals surface area contributed by atoms with Crippen molar-refractivity contribution in [3.05, 3.63) is 42.0 Å². The Labute approximate surface area is 119 Å². The third kappa shape index (κ3) is 2.50. The van der Waals surface area contributed by atoms with Crippen molar-refractivity contribution in [2.75, 3.05) is 27.9 Å². The van der Waals surface area contributed by atoms with Crippen molar-refractivity contribution in [2.24, 2.45) is 0 Å². The van der Waals surface area contributed by atoms with Gasteiger partial charge in [-0.1, -0.05) is 24.3 Å². The quantitative estimate of drug-likeness (QED) is 0.759. The zero-order valence-corrected chi connectivity index (χ0v) is 12.3. The van der Waals surface area contributed by atoms with Crippen LogP contribution in [0.15, 0.2) is 36.4 Å². The maximum absolute atomic E-state index is 5.68. The maximum Gasteiger partial charge on any atom is 0.315 e. The van der Waals surface area contributed by atoms with E-state index in [1.165, 1.54) is 0 Å². The Morgan fingerprint density at radius 3 is 2.05 bits per heavy atom. The summed E-state index contributed by atoms with van der Waals surface area (Å²) in [5.74, 6) is -0.592. The fourth-order valence-corrected chi connectivity index (χ4v) is 2.32. The van der Waals surface area contributed by atoms with Gasteiger partial charge in [-0.15, -0.1) is 0 Å². The van der Waals surface area contributed by atoms with E-state index in [1.54, 1.807) is 21.3 Å². The van der Waals surface area contributed by atoms with Crippen molar-refractivity contribution in [3.63, 3.8) is 0 Å². The van der Waals surface area contributed by atoms with Gasteiger partial charge in [0.2, 0.25) is 0 Å². The molecule has 4 nitrogen and oxygen atoms in total. The number of rotatable bonds is 6. The van der Waals surface area contributed by atoms with E-state index in [-0.39, 0.29) is 0 Å². The lowest BCUT2D eigenvalue weighted by Gasteiger charge is -2.31. The summed E-state index contributed by atoms with van der Waals surface area (Å²) in [6.45, 7) is 2.35. The highest BCUT2D eigenvalue weighted by molar-refractivity contribution is 5.85. The maximum atomic E-state index is 5.68. The average Bonchev–Trinajstić information content (AvgIpc) is 2.51. The van der Waals surface area contributed by atoms with Crippen molar-refractivity contribution < 1.29 is 18.9 Å². The summed E-state index contributed by atoms with van der Waals surface area (Å²) in [5, 5.41) is 2.16. The third-order valence-electron chi connectivity index (χ3n) is 3.27. The summed E-state index contributed by atoms with van der Waals surface area (Å²) in [4.78, 5) is 0. The zero-order chi connectivity index (χ0) is 14.6. The normalized spacial score (nSPS) is 11.8. The average molecular weight is 276 g/mol. The van der Waals surface area contributed by atoms with Gasteiger partial charge in [-0.3, -0.25) is 0 Å².